The quantitative estimate of drug-likeness (QED) is 0.467. The van der Waals surface area contributed by atoms with E-state index in [4.69, 9.17) is 16.3 Å². The van der Waals surface area contributed by atoms with E-state index in [2.05, 4.69) is 4.98 Å². The van der Waals surface area contributed by atoms with Crippen LogP contribution in [0.5, 0.6) is 0 Å². The molecular weight excluding hydrogens is 437 g/mol. The van der Waals surface area contributed by atoms with Gasteiger partial charge in [-0.1, -0.05) is 29.8 Å². The normalized spacial score (nSPS) is 14.0. The number of benzene rings is 2. The molecule has 0 bridgehead atoms. The number of amides is 1. The summed E-state index contributed by atoms with van der Waals surface area (Å²) >= 11 is 6.25. The second-order valence-electron chi connectivity index (χ2n) is 7.53. The largest absolute Gasteiger partial charge is 0.451 e. The van der Waals surface area contributed by atoms with E-state index in [1.807, 2.05) is 17.0 Å². The molecule has 166 valence electrons. The van der Waals surface area contributed by atoms with Crippen molar-refractivity contribution in [3.05, 3.63) is 64.6 Å². The van der Waals surface area contributed by atoms with Crippen molar-refractivity contribution < 1.29 is 23.5 Å². The highest BCUT2D eigenvalue weighted by molar-refractivity contribution is 6.38. The minimum absolute atomic E-state index is 0.106. The smallest absolute Gasteiger partial charge is 0.356 e. The van der Waals surface area contributed by atoms with Crippen molar-refractivity contribution in [2.45, 2.75) is 6.92 Å². The third-order valence-electron chi connectivity index (χ3n) is 5.50. The van der Waals surface area contributed by atoms with Crippen molar-refractivity contribution in [2.75, 3.05) is 37.7 Å². The van der Waals surface area contributed by atoms with Gasteiger partial charge < -0.3 is 19.5 Å². The average Bonchev–Trinajstić information content (AvgIpc) is 3.14. The van der Waals surface area contributed by atoms with Gasteiger partial charge in [0.05, 0.1) is 10.7 Å². The molecule has 1 aromatic heterocycles. The Labute approximate surface area is 188 Å². The van der Waals surface area contributed by atoms with E-state index >= 15 is 0 Å². The molecule has 4 rings (SSSR count). The van der Waals surface area contributed by atoms with E-state index in [0.717, 1.165) is 0 Å². The van der Waals surface area contributed by atoms with Gasteiger partial charge in [-0.15, -0.1) is 0 Å². The molecule has 9 heteroatoms. The Morgan fingerprint density at radius 1 is 1.09 bits per heavy atom. The Morgan fingerprint density at radius 2 is 1.81 bits per heavy atom. The van der Waals surface area contributed by atoms with Crippen molar-refractivity contribution >= 4 is 45.9 Å². The third-order valence-corrected chi connectivity index (χ3v) is 5.89. The second-order valence-corrected chi connectivity index (χ2v) is 7.90. The molecule has 2 aromatic carbocycles. The van der Waals surface area contributed by atoms with Gasteiger partial charge in [0, 0.05) is 42.6 Å². The highest BCUT2D eigenvalue weighted by atomic mass is 35.5. The number of Topliss-reactive ketones (excluding diaryl/α,β-unsaturated/α-hetero) is 1. The van der Waals surface area contributed by atoms with Crippen LogP contribution in [-0.4, -0.2) is 60.3 Å². The van der Waals surface area contributed by atoms with Crippen LogP contribution in [0.2, 0.25) is 5.02 Å². The second kappa shape index (κ2) is 9.00. The number of anilines is 1. The molecule has 0 unspecified atom stereocenters. The van der Waals surface area contributed by atoms with Crippen molar-refractivity contribution in [1.29, 1.82) is 0 Å². The number of nitrogens with zero attached hydrogens (tertiary/aromatic N) is 2. The highest BCUT2D eigenvalue weighted by Crippen LogP contribution is 2.27. The minimum atomic E-state index is -0.703. The number of esters is 1. The zero-order valence-electron chi connectivity index (χ0n) is 17.4. The number of carbonyl (C=O) groups excluding carboxylic acids is 3. The van der Waals surface area contributed by atoms with Gasteiger partial charge in [-0.3, -0.25) is 9.59 Å². The molecule has 1 amide bonds. The van der Waals surface area contributed by atoms with Gasteiger partial charge in [0.1, 0.15) is 11.5 Å². The van der Waals surface area contributed by atoms with Crippen molar-refractivity contribution in [1.82, 2.24) is 9.88 Å². The van der Waals surface area contributed by atoms with E-state index in [0.29, 0.717) is 48.3 Å². The molecule has 0 aliphatic carbocycles. The first-order valence-electron chi connectivity index (χ1n) is 10.1. The van der Waals surface area contributed by atoms with Gasteiger partial charge in [-0.05, 0) is 31.2 Å². The fourth-order valence-corrected chi connectivity index (χ4v) is 4.01. The van der Waals surface area contributed by atoms with E-state index in [1.54, 1.807) is 29.2 Å². The molecule has 32 heavy (non-hydrogen) atoms. The van der Waals surface area contributed by atoms with Crippen LogP contribution in [0.4, 0.5) is 10.1 Å². The molecule has 1 aliphatic heterocycles. The van der Waals surface area contributed by atoms with Crippen LogP contribution in [0.3, 0.4) is 0 Å². The fourth-order valence-electron chi connectivity index (χ4n) is 3.72. The van der Waals surface area contributed by atoms with E-state index < -0.39 is 18.4 Å². The first kappa shape index (κ1) is 21.8. The number of halogens is 2. The monoisotopic (exact) mass is 457 g/mol. The number of rotatable bonds is 5. The van der Waals surface area contributed by atoms with Crippen LogP contribution >= 0.6 is 11.6 Å². The van der Waals surface area contributed by atoms with Crippen LogP contribution in [0.1, 0.15) is 27.8 Å². The highest BCUT2D eigenvalue weighted by Gasteiger charge is 2.25. The van der Waals surface area contributed by atoms with Gasteiger partial charge in [-0.2, -0.15) is 0 Å². The van der Waals surface area contributed by atoms with Crippen LogP contribution in [0, 0.1) is 5.82 Å². The molecule has 0 spiro atoms. The summed E-state index contributed by atoms with van der Waals surface area (Å²) in [5, 5.41) is 0.955. The van der Waals surface area contributed by atoms with Crippen LogP contribution < -0.4 is 4.90 Å². The maximum atomic E-state index is 14.4. The lowest BCUT2D eigenvalue weighted by Crippen LogP contribution is -2.50. The summed E-state index contributed by atoms with van der Waals surface area (Å²) in [5.41, 5.74) is 1.52. The Balaban J connectivity index is 1.32. The number of hydrogen-bond acceptors (Lipinski definition) is 5. The topological polar surface area (TPSA) is 82.7 Å². The van der Waals surface area contributed by atoms with Gasteiger partial charge in [0.25, 0.3) is 5.91 Å². The summed E-state index contributed by atoms with van der Waals surface area (Å²) in [6.07, 6.45) is 0. The number of para-hydroxylation sites is 1. The SMILES string of the molecule is CC(=O)c1ccc(N2CCN(C(=O)COC(=O)c3[nH]c4ccccc4c3Cl)CC2)c(F)c1. The minimum Gasteiger partial charge on any atom is -0.451 e. The average molecular weight is 458 g/mol. The van der Waals surface area contributed by atoms with Gasteiger partial charge in [-0.25, -0.2) is 9.18 Å². The number of carbonyl (C=O) groups is 3. The summed E-state index contributed by atoms with van der Waals surface area (Å²) in [6, 6.07) is 11.6. The molecular formula is C23H21ClFN3O4. The van der Waals surface area contributed by atoms with E-state index in [1.165, 1.54) is 13.0 Å². The first-order valence-corrected chi connectivity index (χ1v) is 10.5. The predicted molar refractivity (Wildman–Crippen MR) is 119 cm³/mol. The summed E-state index contributed by atoms with van der Waals surface area (Å²) < 4.78 is 19.6. The molecule has 2 heterocycles. The van der Waals surface area contributed by atoms with E-state index in [-0.39, 0.29) is 22.4 Å². The number of piperazine rings is 1. The number of ketones is 1. The molecule has 0 atom stereocenters. The third kappa shape index (κ3) is 4.31. The van der Waals surface area contributed by atoms with Crippen molar-refractivity contribution in [3.8, 4) is 0 Å². The number of nitrogens with one attached hydrogen (secondary N) is 1. The van der Waals surface area contributed by atoms with Crippen LogP contribution in [0.25, 0.3) is 10.9 Å². The van der Waals surface area contributed by atoms with Gasteiger partial charge in [0.2, 0.25) is 0 Å². The Hall–Kier alpha value is -3.39. The Bertz CT molecular complexity index is 1200. The Morgan fingerprint density at radius 3 is 2.47 bits per heavy atom. The van der Waals surface area contributed by atoms with Crippen molar-refractivity contribution in [2.24, 2.45) is 0 Å². The summed E-state index contributed by atoms with van der Waals surface area (Å²) in [4.78, 5) is 42.6. The summed E-state index contributed by atoms with van der Waals surface area (Å²) in [6.45, 7) is 2.53. The van der Waals surface area contributed by atoms with Gasteiger partial charge >= 0.3 is 5.97 Å². The predicted octanol–water partition coefficient (Wildman–Crippen LogP) is 3.67. The lowest BCUT2D eigenvalue weighted by atomic mass is 10.1. The molecule has 1 fully saturated rings. The zero-order chi connectivity index (χ0) is 22.8. The number of aromatic nitrogens is 1. The summed E-state index contributed by atoms with van der Waals surface area (Å²) in [7, 11) is 0. The lowest BCUT2D eigenvalue weighted by molar-refractivity contribution is -0.134. The maximum Gasteiger partial charge on any atom is 0.356 e. The zero-order valence-corrected chi connectivity index (χ0v) is 18.1. The van der Waals surface area contributed by atoms with Gasteiger partial charge in [0.15, 0.2) is 12.4 Å². The number of H-pyrrole nitrogens is 1. The van der Waals surface area contributed by atoms with Crippen LogP contribution in [0.15, 0.2) is 42.5 Å². The molecule has 7 nitrogen and oxygen atoms in total. The molecule has 1 N–H and O–H groups in total. The fraction of sp³-hybridized carbons (Fsp3) is 0.261. The number of ether oxygens (including phenoxy) is 1. The molecule has 1 aliphatic rings. The summed E-state index contributed by atoms with van der Waals surface area (Å²) in [5.74, 6) is -1.71. The molecule has 1 saturated heterocycles. The standard InChI is InChI=1S/C23H21ClFN3O4/c1-14(29)15-6-7-19(17(25)12-15)27-8-10-28(11-9-27)20(30)13-32-23(31)22-21(24)16-4-2-3-5-18(16)26-22/h2-7,12,26H,8-11,13H2,1H3. The number of aromatic amines is 1. The maximum absolute atomic E-state index is 14.4. The molecule has 0 radical (unpaired) electrons. The van der Waals surface area contributed by atoms with Crippen molar-refractivity contribution in [3.63, 3.8) is 0 Å². The molecule has 3 aromatic rings. The lowest BCUT2D eigenvalue weighted by Gasteiger charge is -2.36. The number of fused-ring (bicyclic) bond motifs is 1. The molecule has 0 saturated carbocycles. The number of hydrogen-bond donors (Lipinski definition) is 1. The van der Waals surface area contributed by atoms with Crippen LogP contribution in [-0.2, 0) is 9.53 Å². The Kier molecular flexibility index (Phi) is 6.14. The first-order chi connectivity index (χ1) is 15.3. The van der Waals surface area contributed by atoms with E-state index in [9.17, 15) is 18.8 Å².